The zero-order chi connectivity index (χ0) is 23.9. The average molecular weight is 497 g/mol. The molecule has 0 radical (unpaired) electrons. The zero-order valence-corrected chi connectivity index (χ0v) is 18.9. The van der Waals surface area contributed by atoms with E-state index in [-0.39, 0.29) is 18.6 Å². The fourth-order valence-electron chi connectivity index (χ4n) is 3.17. The Morgan fingerprint density at radius 1 is 1.12 bits per heavy atom. The molecule has 5 nitrogen and oxygen atoms in total. The fourth-order valence-corrected chi connectivity index (χ4v) is 5.12. The Hall–Kier alpha value is -3.05. The second-order valence-corrected chi connectivity index (χ2v) is 9.47. The van der Waals surface area contributed by atoms with E-state index in [0.717, 1.165) is 21.2 Å². The van der Waals surface area contributed by atoms with Crippen LogP contribution in [0.3, 0.4) is 0 Å². The molecule has 1 N–H and O–H groups in total. The lowest BCUT2D eigenvalue weighted by Crippen LogP contribution is -2.07. The van der Waals surface area contributed by atoms with Crippen LogP contribution in [-0.4, -0.2) is 21.0 Å². The second-order valence-electron chi connectivity index (χ2n) is 7.27. The molecule has 0 spiro atoms. The topological polar surface area (TPSA) is 72.3 Å². The van der Waals surface area contributed by atoms with Crippen molar-refractivity contribution in [2.45, 2.75) is 33.1 Å². The molecule has 0 saturated carbocycles. The Balaban J connectivity index is 1.54. The summed E-state index contributed by atoms with van der Waals surface area (Å²) in [7, 11) is 0. The highest BCUT2D eigenvalue weighted by atomic mass is 32.1. The molecule has 172 valence electrons. The van der Waals surface area contributed by atoms with Crippen molar-refractivity contribution in [1.82, 2.24) is 9.97 Å². The highest BCUT2D eigenvalue weighted by Crippen LogP contribution is 2.36. The summed E-state index contributed by atoms with van der Waals surface area (Å²) in [6, 6.07) is 6.37. The standard InChI is InChI=1S/C22H16F4N2O3S2/c1-10-5-15-17(32-19(28-15)8-20(29)30)7-16(10)31-9-18-11(2)27-21(33-18)12-3-4-13(14(23)6-12)22(24,25)26/h3-7H,8-9H2,1-2H3,(H,29,30). The SMILES string of the molecule is Cc1cc2nc(CC(=O)O)sc2cc1OCc1sc(-c2ccc(C(F)(F)F)c(F)c2)nc1C. The molecule has 33 heavy (non-hydrogen) atoms. The monoisotopic (exact) mass is 496 g/mol. The van der Waals surface area contributed by atoms with Crippen molar-refractivity contribution in [3.63, 3.8) is 0 Å². The number of ether oxygens (including phenoxy) is 1. The number of aryl methyl sites for hydroxylation is 2. The predicted molar refractivity (Wildman–Crippen MR) is 117 cm³/mol. The number of hydrogen-bond acceptors (Lipinski definition) is 6. The summed E-state index contributed by atoms with van der Waals surface area (Å²) < 4.78 is 59.1. The summed E-state index contributed by atoms with van der Waals surface area (Å²) in [6.45, 7) is 3.76. The number of carbonyl (C=O) groups is 1. The van der Waals surface area contributed by atoms with Gasteiger partial charge in [-0.2, -0.15) is 13.2 Å². The van der Waals surface area contributed by atoms with E-state index in [0.29, 0.717) is 33.0 Å². The van der Waals surface area contributed by atoms with E-state index in [9.17, 15) is 22.4 Å². The minimum Gasteiger partial charge on any atom is -0.488 e. The molecule has 0 saturated heterocycles. The highest BCUT2D eigenvalue weighted by Gasteiger charge is 2.34. The Morgan fingerprint density at radius 2 is 1.88 bits per heavy atom. The molecule has 0 aliphatic carbocycles. The number of alkyl halides is 3. The number of carboxylic acid groups (broad SMARTS) is 1. The van der Waals surface area contributed by atoms with Crippen molar-refractivity contribution in [3.05, 3.63) is 62.9 Å². The Kier molecular flexibility index (Phi) is 6.10. The van der Waals surface area contributed by atoms with E-state index < -0.39 is 23.5 Å². The van der Waals surface area contributed by atoms with E-state index in [2.05, 4.69) is 9.97 Å². The third-order valence-electron chi connectivity index (χ3n) is 4.80. The van der Waals surface area contributed by atoms with Crippen molar-refractivity contribution < 1.29 is 32.2 Å². The second kappa shape index (κ2) is 8.71. The largest absolute Gasteiger partial charge is 0.488 e. The minimum absolute atomic E-state index is 0.151. The zero-order valence-electron chi connectivity index (χ0n) is 17.3. The number of benzene rings is 2. The number of hydrogen-bond donors (Lipinski definition) is 1. The predicted octanol–water partition coefficient (Wildman–Crippen LogP) is 6.40. The highest BCUT2D eigenvalue weighted by molar-refractivity contribution is 7.18. The van der Waals surface area contributed by atoms with Gasteiger partial charge in [-0.3, -0.25) is 4.79 Å². The van der Waals surface area contributed by atoms with Gasteiger partial charge in [0.1, 0.15) is 28.2 Å². The summed E-state index contributed by atoms with van der Waals surface area (Å²) >= 11 is 2.50. The van der Waals surface area contributed by atoms with Crippen LogP contribution in [0.2, 0.25) is 0 Å². The first-order valence-corrected chi connectivity index (χ1v) is 11.2. The summed E-state index contributed by atoms with van der Waals surface area (Å²) in [5.74, 6) is -1.70. The maximum atomic E-state index is 13.9. The number of thiazole rings is 2. The van der Waals surface area contributed by atoms with Gasteiger partial charge < -0.3 is 9.84 Å². The summed E-state index contributed by atoms with van der Waals surface area (Å²) in [4.78, 5) is 20.4. The third kappa shape index (κ3) is 4.98. The van der Waals surface area contributed by atoms with Crippen LogP contribution in [-0.2, 0) is 24.0 Å². The summed E-state index contributed by atoms with van der Waals surface area (Å²) in [6.07, 6.45) is -4.91. The van der Waals surface area contributed by atoms with Crippen LogP contribution in [0.5, 0.6) is 5.75 Å². The van der Waals surface area contributed by atoms with Crippen LogP contribution in [0.15, 0.2) is 30.3 Å². The van der Waals surface area contributed by atoms with Crippen LogP contribution in [0.25, 0.3) is 20.8 Å². The minimum atomic E-state index is -4.76. The van der Waals surface area contributed by atoms with Crippen molar-refractivity contribution >= 4 is 38.9 Å². The van der Waals surface area contributed by atoms with E-state index in [4.69, 9.17) is 9.84 Å². The van der Waals surface area contributed by atoms with Crippen LogP contribution >= 0.6 is 22.7 Å². The number of nitrogens with zero attached hydrogens (tertiary/aromatic N) is 2. The van der Waals surface area contributed by atoms with Crippen LogP contribution < -0.4 is 4.74 Å². The van der Waals surface area contributed by atoms with E-state index in [1.165, 1.54) is 28.7 Å². The molecule has 4 rings (SSSR count). The van der Waals surface area contributed by atoms with Gasteiger partial charge in [0.2, 0.25) is 0 Å². The van der Waals surface area contributed by atoms with Gasteiger partial charge in [0, 0.05) is 5.56 Å². The molecule has 11 heteroatoms. The molecule has 2 aromatic carbocycles. The molecule has 2 heterocycles. The smallest absolute Gasteiger partial charge is 0.419 e. The Morgan fingerprint density at radius 3 is 2.55 bits per heavy atom. The fraction of sp³-hybridized carbons (Fsp3) is 0.227. The molecule has 0 atom stereocenters. The van der Waals surface area contributed by atoms with Gasteiger partial charge in [0.25, 0.3) is 0 Å². The molecule has 0 aliphatic rings. The maximum absolute atomic E-state index is 13.9. The molecular formula is C22H16F4N2O3S2. The maximum Gasteiger partial charge on any atom is 0.419 e. The lowest BCUT2D eigenvalue weighted by Gasteiger charge is -2.08. The van der Waals surface area contributed by atoms with Gasteiger partial charge in [-0.05, 0) is 43.7 Å². The molecule has 0 aliphatic heterocycles. The first-order chi connectivity index (χ1) is 15.5. The van der Waals surface area contributed by atoms with Crippen LogP contribution in [0, 0.1) is 19.7 Å². The molecule has 0 fully saturated rings. The summed E-state index contributed by atoms with van der Waals surface area (Å²) in [5, 5.41) is 9.85. The molecule has 4 aromatic rings. The first-order valence-electron chi connectivity index (χ1n) is 9.59. The van der Waals surface area contributed by atoms with Crippen LogP contribution in [0.1, 0.15) is 26.7 Å². The van der Waals surface area contributed by atoms with Crippen LogP contribution in [0.4, 0.5) is 17.6 Å². The quantitative estimate of drug-likeness (QED) is 0.313. The molecule has 0 bridgehead atoms. The van der Waals surface area contributed by atoms with Gasteiger partial charge >= 0.3 is 12.1 Å². The summed E-state index contributed by atoms with van der Waals surface area (Å²) in [5.41, 5.74) is 1.09. The molecule has 0 amide bonds. The Bertz CT molecular complexity index is 1360. The van der Waals surface area contributed by atoms with Crippen molar-refractivity contribution in [2.75, 3.05) is 0 Å². The molecule has 0 unspecified atom stereocenters. The van der Waals surface area contributed by atoms with E-state index in [1.807, 2.05) is 13.0 Å². The van der Waals surface area contributed by atoms with Crippen molar-refractivity contribution in [1.29, 1.82) is 0 Å². The number of fused-ring (bicyclic) bond motifs is 1. The van der Waals surface area contributed by atoms with Gasteiger partial charge in [-0.25, -0.2) is 14.4 Å². The number of carboxylic acids is 1. The number of halogens is 4. The first kappa shape index (κ1) is 23.1. The lowest BCUT2D eigenvalue weighted by molar-refractivity contribution is -0.140. The van der Waals surface area contributed by atoms with Crippen molar-refractivity contribution in [3.8, 4) is 16.3 Å². The van der Waals surface area contributed by atoms with Crippen molar-refractivity contribution in [2.24, 2.45) is 0 Å². The van der Waals surface area contributed by atoms with Gasteiger partial charge in [0.05, 0.1) is 32.8 Å². The molecule has 2 aromatic heterocycles. The van der Waals surface area contributed by atoms with E-state index in [1.54, 1.807) is 13.0 Å². The normalized spacial score (nSPS) is 11.8. The molecular weight excluding hydrogens is 480 g/mol. The lowest BCUT2D eigenvalue weighted by atomic mass is 10.1. The van der Waals surface area contributed by atoms with E-state index >= 15 is 0 Å². The van der Waals surface area contributed by atoms with Gasteiger partial charge in [-0.15, -0.1) is 22.7 Å². The number of aromatic nitrogens is 2. The average Bonchev–Trinajstić information content (AvgIpc) is 3.26. The number of rotatable bonds is 6. The Labute approximate surface area is 193 Å². The third-order valence-corrected chi connectivity index (χ3v) is 7.00. The number of aliphatic carboxylic acids is 1. The van der Waals surface area contributed by atoms with Gasteiger partial charge in [0.15, 0.2) is 0 Å². The van der Waals surface area contributed by atoms with Gasteiger partial charge in [-0.1, -0.05) is 6.07 Å².